The number of rotatable bonds is 12. The van der Waals surface area contributed by atoms with Crippen LogP contribution in [0.15, 0.2) is 42.5 Å². The summed E-state index contributed by atoms with van der Waals surface area (Å²) in [5.74, 6) is -0.345. The Hall–Kier alpha value is -2.87. The van der Waals surface area contributed by atoms with Gasteiger partial charge in [0.15, 0.2) is 0 Å². The molecule has 0 saturated carbocycles. The number of hydrogen-bond donors (Lipinski definition) is 1. The first-order valence-corrected chi connectivity index (χ1v) is 14.0. The molecule has 0 saturated heterocycles. The molecule has 0 aliphatic rings. The van der Waals surface area contributed by atoms with Crippen molar-refractivity contribution in [1.82, 2.24) is 10.2 Å². The molecule has 192 valence electrons. The van der Waals surface area contributed by atoms with Crippen LogP contribution in [0.2, 0.25) is 0 Å². The van der Waals surface area contributed by atoms with Crippen LogP contribution in [0, 0.1) is 20.8 Å². The van der Waals surface area contributed by atoms with Gasteiger partial charge < -0.3 is 10.2 Å². The van der Waals surface area contributed by atoms with Crippen LogP contribution in [0.25, 0.3) is 0 Å². The van der Waals surface area contributed by atoms with Gasteiger partial charge in [-0.15, -0.1) is 0 Å². The van der Waals surface area contributed by atoms with Gasteiger partial charge in [0.05, 0.1) is 11.9 Å². The Bertz CT molecular complexity index is 1130. The maximum Gasteiger partial charge on any atom is 0.242 e. The van der Waals surface area contributed by atoms with Crippen molar-refractivity contribution in [2.24, 2.45) is 0 Å². The van der Waals surface area contributed by atoms with E-state index in [1.54, 1.807) is 11.0 Å². The summed E-state index contributed by atoms with van der Waals surface area (Å²) in [6, 6.07) is 12.8. The molecule has 1 N–H and O–H groups in total. The molecule has 0 radical (unpaired) electrons. The van der Waals surface area contributed by atoms with E-state index in [9.17, 15) is 18.0 Å². The van der Waals surface area contributed by atoms with E-state index in [4.69, 9.17) is 0 Å². The first kappa shape index (κ1) is 28.4. The highest BCUT2D eigenvalue weighted by atomic mass is 32.2. The molecule has 35 heavy (non-hydrogen) atoms. The molecular weight excluding hydrogens is 462 g/mol. The number of benzene rings is 2. The zero-order valence-electron chi connectivity index (χ0n) is 21.8. The third kappa shape index (κ3) is 8.09. The molecule has 0 heterocycles. The molecule has 2 amide bonds. The Labute approximate surface area is 210 Å². The first-order chi connectivity index (χ1) is 16.5. The molecule has 1 atom stereocenters. The zero-order valence-corrected chi connectivity index (χ0v) is 22.6. The topological polar surface area (TPSA) is 86.8 Å². The van der Waals surface area contributed by atoms with E-state index in [0.29, 0.717) is 31.6 Å². The monoisotopic (exact) mass is 501 g/mol. The Morgan fingerprint density at radius 2 is 1.71 bits per heavy atom. The van der Waals surface area contributed by atoms with E-state index < -0.39 is 16.1 Å². The highest BCUT2D eigenvalue weighted by Gasteiger charge is 2.28. The lowest BCUT2D eigenvalue weighted by molar-refractivity contribution is -0.141. The summed E-state index contributed by atoms with van der Waals surface area (Å²) < 4.78 is 26.4. The summed E-state index contributed by atoms with van der Waals surface area (Å²) in [5.41, 5.74) is 4.71. The average Bonchev–Trinajstić information content (AvgIpc) is 2.78. The highest BCUT2D eigenvalue weighted by molar-refractivity contribution is 7.92. The number of nitrogens with zero attached hydrogens (tertiary/aromatic N) is 2. The lowest BCUT2D eigenvalue weighted by Crippen LogP contribution is -2.49. The maximum absolute atomic E-state index is 13.4. The number of aryl methyl sites for hydroxylation is 3. The zero-order chi connectivity index (χ0) is 26.2. The van der Waals surface area contributed by atoms with Crippen LogP contribution >= 0.6 is 0 Å². The van der Waals surface area contributed by atoms with Gasteiger partial charge in [0.25, 0.3) is 0 Å². The van der Waals surface area contributed by atoms with Gasteiger partial charge in [0.2, 0.25) is 21.8 Å². The van der Waals surface area contributed by atoms with Crippen molar-refractivity contribution < 1.29 is 18.0 Å². The fraction of sp³-hybridized carbons (Fsp3) is 0.481. The molecule has 0 aromatic heterocycles. The van der Waals surface area contributed by atoms with E-state index in [-0.39, 0.29) is 24.8 Å². The molecule has 8 heteroatoms. The van der Waals surface area contributed by atoms with Crippen molar-refractivity contribution in [3.8, 4) is 0 Å². The number of hydrogen-bond acceptors (Lipinski definition) is 4. The minimum absolute atomic E-state index is 0.137. The third-order valence-electron chi connectivity index (χ3n) is 6.10. The number of amides is 2. The van der Waals surface area contributed by atoms with E-state index in [2.05, 4.69) is 5.32 Å². The fourth-order valence-electron chi connectivity index (χ4n) is 4.10. The summed E-state index contributed by atoms with van der Waals surface area (Å²) in [4.78, 5) is 27.8. The van der Waals surface area contributed by atoms with Crippen molar-refractivity contribution in [1.29, 1.82) is 0 Å². The second kappa shape index (κ2) is 12.7. The van der Waals surface area contributed by atoms with Crippen LogP contribution in [0.3, 0.4) is 0 Å². The predicted molar refractivity (Wildman–Crippen MR) is 142 cm³/mol. The Morgan fingerprint density at radius 3 is 2.29 bits per heavy atom. The lowest BCUT2D eigenvalue weighted by Gasteiger charge is -2.31. The SMILES string of the molecule is CCNC(=O)C(CC)N(Cc1cccc(C)c1)C(=O)CCCN(c1ccc(C)c(C)c1)S(C)(=O)=O. The molecule has 0 aliphatic carbocycles. The van der Waals surface area contributed by atoms with Crippen molar-refractivity contribution in [2.45, 2.75) is 66.5 Å². The Kier molecular flexibility index (Phi) is 10.3. The van der Waals surface area contributed by atoms with Crippen molar-refractivity contribution >= 4 is 27.5 Å². The number of carbonyl (C=O) groups excluding carboxylic acids is 2. The number of anilines is 1. The summed E-state index contributed by atoms with van der Waals surface area (Å²) in [6.07, 6.45) is 2.14. The number of sulfonamides is 1. The Morgan fingerprint density at radius 1 is 1.00 bits per heavy atom. The summed E-state index contributed by atoms with van der Waals surface area (Å²) in [5, 5.41) is 2.83. The smallest absolute Gasteiger partial charge is 0.242 e. The lowest BCUT2D eigenvalue weighted by atomic mass is 10.1. The van der Waals surface area contributed by atoms with Crippen molar-refractivity contribution in [3.63, 3.8) is 0 Å². The van der Waals surface area contributed by atoms with E-state index in [0.717, 1.165) is 22.3 Å². The quantitative estimate of drug-likeness (QED) is 0.474. The van der Waals surface area contributed by atoms with Crippen LogP contribution in [0.1, 0.15) is 55.4 Å². The number of nitrogens with one attached hydrogen (secondary N) is 1. The highest BCUT2D eigenvalue weighted by Crippen LogP contribution is 2.22. The van der Waals surface area contributed by atoms with Crippen LogP contribution in [0.4, 0.5) is 5.69 Å². The van der Waals surface area contributed by atoms with Gasteiger partial charge >= 0.3 is 0 Å². The molecule has 0 aliphatic heterocycles. The molecular formula is C27H39N3O4S. The largest absolute Gasteiger partial charge is 0.355 e. The normalized spacial score (nSPS) is 12.2. The molecule has 0 fully saturated rings. The molecule has 7 nitrogen and oxygen atoms in total. The first-order valence-electron chi connectivity index (χ1n) is 12.2. The summed E-state index contributed by atoms with van der Waals surface area (Å²) >= 11 is 0. The number of likely N-dealkylation sites (N-methyl/N-ethyl adjacent to an activating group) is 1. The van der Waals surface area contributed by atoms with Gasteiger partial charge in [0.1, 0.15) is 6.04 Å². The summed E-state index contributed by atoms with van der Waals surface area (Å²) in [7, 11) is -3.52. The van der Waals surface area contributed by atoms with E-state index >= 15 is 0 Å². The van der Waals surface area contributed by atoms with Gasteiger partial charge in [-0.05, 0) is 69.4 Å². The van der Waals surface area contributed by atoms with Gasteiger partial charge in [-0.25, -0.2) is 8.42 Å². The maximum atomic E-state index is 13.4. The van der Waals surface area contributed by atoms with Crippen LogP contribution in [-0.4, -0.2) is 50.5 Å². The van der Waals surface area contributed by atoms with Crippen LogP contribution in [0.5, 0.6) is 0 Å². The minimum atomic E-state index is -3.52. The fourth-order valence-corrected chi connectivity index (χ4v) is 5.06. The molecule has 2 aromatic rings. The van der Waals surface area contributed by atoms with E-state index in [1.165, 1.54) is 10.6 Å². The van der Waals surface area contributed by atoms with E-state index in [1.807, 2.05) is 71.0 Å². The van der Waals surface area contributed by atoms with Gasteiger partial charge in [-0.2, -0.15) is 0 Å². The van der Waals surface area contributed by atoms with Crippen LogP contribution in [-0.2, 0) is 26.2 Å². The van der Waals surface area contributed by atoms with Gasteiger partial charge in [-0.1, -0.05) is 42.8 Å². The molecule has 2 rings (SSSR count). The molecule has 2 aromatic carbocycles. The minimum Gasteiger partial charge on any atom is -0.355 e. The van der Waals surface area contributed by atoms with Crippen LogP contribution < -0.4 is 9.62 Å². The van der Waals surface area contributed by atoms with Crippen molar-refractivity contribution in [2.75, 3.05) is 23.7 Å². The molecule has 0 spiro atoms. The predicted octanol–water partition coefficient (Wildman–Crippen LogP) is 4.10. The summed E-state index contributed by atoms with van der Waals surface area (Å²) in [6.45, 7) is 10.6. The third-order valence-corrected chi connectivity index (χ3v) is 7.30. The standard InChI is InChI=1S/C27H39N3O4S/c1-7-25(27(32)28-8-2)29(19-23-12-9-11-20(3)17-23)26(31)13-10-16-30(35(6,33)34)24-15-14-21(4)22(5)18-24/h9,11-12,14-15,17-18,25H,7-8,10,13,16,19H2,1-6H3,(H,28,32). The second-order valence-electron chi connectivity index (χ2n) is 9.04. The average molecular weight is 502 g/mol. The van der Waals surface area contributed by atoms with Gasteiger partial charge in [0, 0.05) is 26.1 Å². The van der Waals surface area contributed by atoms with Gasteiger partial charge in [-0.3, -0.25) is 13.9 Å². The Balaban J connectivity index is 2.22. The van der Waals surface area contributed by atoms with Crippen molar-refractivity contribution in [3.05, 3.63) is 64.7 Å². The second-order valence-corrected chi connectivity index (χ2v) is 10.9. The molecule has 1 unspecified atom stereocenters. The molecule has 0 bridgehead atoms. The number of carbonyl (C=O) groups is 2.